The Hall–Kier alpha value is -3.15. The van der Waals surface area contributed by atoms with Gasteiger partial charge in [0.05, 0.1) is 5.56 Å². The zero-order valence-corrected chi connectivity index (χ0v) is 16.4. The van der Waals surface area contributed by atoms with E-state index in [0.29, 0.717) is 16.7 Å². The third kappa shape index (κ3) is 5.22. The number of carboxylic acids is 1. The number of carboxylic acid groups (broad SMARTS) is 1. The molecule has 2 N–H and O–H groups in total. The number of likely N-dealkylation sites (tertiary alicyclic amines) is 1. The maximum Gasteiger partial charge on any atom is 0.336 e. The van der Waals surface area contributed by atoms with E-state index >= 15 is 0 Å². The van der Waals surface area contributed by atoms with Gasteiger partial charge in [0.1, 0.15) is 0 Å². The molecular weight excluding hydrogens is 368 g/mol. The van der Waals surface area contributed by atoms with Crippen molar-refractivity contribution < 1.29 is 19.5 Å². The van der Waals surface area contributed by atoms with E-state index in [1.165, 1.54) is 6.07 Å². The fourth-order valence-corrected chi connectivity index (χ4v) is 3.68. The maximum atomic E-state index is 12.7. The molecule has 0 spiro atoms. The van der Waals surface area contributed by atoms with Gasteiger partial charge in [0.15, 0.2) is 0 Å². The number of nitrogens with zero attached hydrogens (tertiary/aromatic N) is 1. The topological polar surface area (TPSA) is 86.7 Å². The van der Waals surface area contributed by atoms with E-state index in [1.54, 1.807) is 42.5 Å². The average Bonchev–Trinajstić information content (AvgIpc) is 3.03. The van der Waals surface area contributed by atoms with Crippen molar-refractivity contribution in [2.24, 2.45) is 0 Å². The lowest BCUT2D eigenvalue weighted by Crippen LogP contribution is -2.35. The van der Waals surface area contributed by atoms with Crippen molar-refractivity contribution in [2.75, 3.05) is 19.6 Å². The Morgan fingerprint density at radius 2 is 1.38 bits per heavy atom. The van der Waals surface area contributed by atoms with E-state index in [0.717, 1.165) is 38.8 Å². The summed E-state index contributed by atoms with van der Waals surface area (Å²) in [5.74, 6) is -1.29. The molecule has 1 aliphatic heterocycles. The normalized spacial score (nSPS) is 14.1. The monoisotopic (exact) mass is 394 g/mol. The van der Waals surface area contributed by atoms with Crippen LogP contribution in [-0.4, -0.2) is 47.4 Å². The van der Waals surface area contributed by atoms with Crippen molar-refractivity contribution in [2.45, 2.75) is 32.1 Å². The van der Waals surface area contributed by atoms with Crippen LogP contribution >= 0.6 is 0 Å². The summed E-state index contributed by atoms with van der Waals surface area (Å²) in [6.45, 7) is 1.84. The third-order valence-electron chi connectivity index (χ3n) is 5.20. The van der Waals surface area contributed by atoms with Gasteiger partial charge in [-0.3, -0.25) is 9.59 Å². The molecular formula is C23H26N2O4. The first-order valence-electron chi connectivity index (χ1n) is 10.1. The number of benzene rings is 2. The number of nitrogens with one attached hydrogen (secondary N) is 1. The molecule has 0 bridgehead atoms. The highest BCUT2D eigenvalue weighted by Gasteiger charge is 2.19. The highest BCUT2D eigenvalue weighted by Crippen LogP contribution is 2.27. The molecule has 0 radical (unpaired) electrons. The molecule has 0 atom stereocenters. The largest absolute Gasteiger partial charge is 0.478 e. The van der Waals surface area contributed by atoms with Gasteiger partial charge in [-0.2, -0.15) is 0 Å². The summed E-state index contributed by atoms with van der Waals surface area (Å²) in [5.41, 5.74) is 1.58. The highest BCUT2D eigenvalue weighted by molar-refractivity contribution is 6.04. The zero-order valence-electron chi connectivity index (χ0n) is 16.4. The zero-order chi connectivity index (χ0) is 20.6. The molecule has 3 rings (SSSR count). The molecule has 6 nitrogen and oxygen atoms in total. The van der Waals surface area contributed by atoms with Crippen LogP contribution in [-0.2, 0) is 4.79 Å². The summed E-state index contributed by atoms with van der Waals surface area (Å²) in [7, 11) is 0. The Balaban J connectivity index is 1.68. The molecule has 0 aliphatic carbocycles. The van der Waals surface area contributed by atoms with Gasteiger partial charge in [-0.25, -0.2) is 4.79 Å². The summed E-state index contributed by atoms with van der Waals surface area (Å²) in [4.78, 5) is 38.6. The number of rotatable bonds is 6. The fraction of sp³-hybridized carbons (Fsp3) is 0.348. The van der Waals surface area contributed by atoms with Crippen LogP contribution in [0, 0.1) is 0 Å². The summed E-state index contributed by atoms with van der Waals surface area (Å²) in [6, 6.07) is 13.5. The number of hydrogen-bond acceptors (Lipinski definition) is 3. The highest BCUT2D eigenvalue weighted by atomic mass is 16.4. The molecule has 152 valence electrons. The minimum atomic E-state index is -1.04. The molecule has 1 aliphatic rings. The van der Waals surface area contributed by atoms with Crippen molar-refractivity contribution in [3.05, 3.63) is 59.7 Å². The minimum Gasteiger partial charge on any atom is -0.478 e. The van der Waals surface area contributed by atoms with Gasteiger partial charge >= 0.3 is 5.97 Å². The van der Waals surface area contributed by atoms with Crippen LogP contribution in [0.1, 0.15) is 52.8 Å². The molecule has 29 heavy (non-hydrogen) atoms. The van der Waals surface area contributed by atoms with Gasteiger partial charge in [-0.05, 0) is 36.1 Å². The first kappa shape index (κ1) is 20.6. The SMILES string of the molecule is O=C(O)c1ccccc1-c1ccccc1C(=O)NCCC(=O)N1CCCCCC1. The van der Waals surface area contributed by atoms with Gasteiger partial charge in [0.25, 0.3) is 5.91 Å². The molecule has 0 saturated carbocycles. The Morgan fingerprint density at radius 3 is 2.00 bits per heavy atom. The first-order valence-corrected chi connectivity index (χ1v) is 10.1. The maximum absolute atomic E-state index is 12.7. The predicted octanol–water partition coefficient (Wildman–Crippen LogP) is 3.57. The third-order valence-corrected chi connectivity index (χ3v) is 5.20. The van der Waals surface area contributed by atoms with Crippen LogP contribution in [0.15, 0.2) is 48.5 Å². The second-order valence-corrected chi connectivity index (χ2v) is 7.20. The lowest BCUT2D eigenvalue weighted by molar-refractivity contribution is -0.131. The number of amides is 2. The molecule has 2 amide bonds. The van der Waals surface area contributed by atoms with E-state index in [4.69, 9.17) is 0 Å². The van der Waals surface area contributed by atoms with Crippen LogP contribution in [0.5, 0.6) is 0 Å². The quantitative estimate of drug-likeness (QED) is 0.784. The molecule has 6 heteroatoms. The van der Waals surface area contributed by atoms with Crippen molar-refractivity contribution in [1.29, 1.82) is 0 Å². The predicted molar refractivity (Wildman–Crippen MR) is 111 cm³/mol. The van der Waals surface area contributed by atoms with Gasteiger partial charge in [-0.15, -0.1) is 0 Å². The van der Waals surface area contributed by atoms with Crippen LogP contribution in [0.3, 0.4) is 0 Å². The smallest absolute Gasteiger partial charge is 0.336 e. The summed E-state index contributed by atoms with van der Waals surface area (Å²) < 4.78 is 0. The lowest BCUT2D eigenvalue weighted by atomic mass is 9.95. The second kappa shape index (κ2) is 9.87. The van der Waals surface area contributed by atoms with Crippen molar-refractivity contribution >= 4 is 17.8 Å². The molecule has 2 aromatic carbocycles. The Bertz CT molecular complexity index is 886. The van der Waals surface area contributed by atoms with Gasteiger partial charge in [-0.1, -0.05) is 49.2 Å². The van der Waals surface area contributed by atoms with E-state index in [9.17, 15) is 19.5 Å². The minimum absolute atomic E-state index is 0.0664. The molecule has 2 aromatic rings. The summed E-state index contributed by atoms with van der Waals surface area (Å²) in [6.07, 6.45) is 4.66. The molecule has 0 unspecified atom stereocenters. The Morgan fingerprint density at radius 1 is 0.828 bits per heavy atom. The second-order valence-electron chi connectivity index (χ2n) is 7.20. The van der Waals surface area contributed by atoms with E-state index in [2.05, 4.69) is 5.32 Å². The molecule has 1 saturated heterocycles. The number of carbonyl (C=O) groups is 3. The van der Waals surface area contributed by atoms with Crippen LogP contribution in [0.25, 0.3) is 11.1 Å². The van der Waals surface area contributed by atoms with Crippen LogP contribution < -0.4 is 5.32 Å². The number of carbonyl (C=O) groups excluding carboxylic acids is 2. The Kier molecular flexibility index (Phi) is 7.00. The van der Waals surface area contributed by atoms with E-state index in [-0.39, 0.29) is 30.3 Å². The van der Waals surface area contributed by atoms with Gasteiger partial charge in [0.2, 0.25) is 5.91 Å². The molecule has 0 aromatic heterocycles. The van der Waals surface area contributed by atoms with Gasteiger partial charge < -0.3 is 15.3 Å². The summed E-state index contributed by atoms with van der Waals surface area (Å²) in [5, 5.41) is 12.3. The van der Waals surface area contributed by atoms with Crippen molar-refractivity contribution in [1.82, 2.24) is 10.2 Å². The first-order chi connectivity index (χ1) is 14.1. The molecule has 1 heterocycles. The van der Waals surface area contributed by atoms with Gasteiger partial charge in [0, 0.05) is 31.6 Å². The van der Waals surface area contributed by atoms with E-state index < -0.39 is 5.97 Å². The molecule has 1 fully saturated rings. The van der Waals surface area contributed by atoms with Crippen LogP contribution in [0.2, 0.25) is 0 Å². The van der Waals surface area contributed by atoms with E-state index in [1.807, 2.05) is 4.90 Å². The fourth-order valence-electron chi connectivity index (χ4n) is 3.68. The number of hydrogen-bond donors (Lipinski definition) is 2. The lowest BCUT2D eigenvalue weighted by Gasteiger charge is -2.20. The standard InChI is InChI=1S/C23H26N2O4/c26-21(25-15-7-1-2-8-16-25)13-14-24-22(27)19-11-5-3-9-17(19)18-10-4-6-12-20(18)23(28)29/h3-6,9-12H,1-2,7-8,13-16H2,(H,24,27)(H,28,29). The Labute approximate surface area is 170 Å². The summed E-state index contributed by atoms with van der Waals surface area (Å²) >= 11 is 0. The van der Waals surface area contributed by atoms with Crippen molar-refractivity contribution in [3.8, 4) is 11.1 Å². The average molecular weight is 394 g/mol. The number of aromatic carboxylic acids is 1. The van der Waals surface area contributed by atoms with Crippen LogP contribution in [0.4, 0.5) is 0 Å². The van der Waals surface area contributed by atoms with Crippen molar-refractivity contribution in [3.63, 3.8) is 0 Å².